The zero-order chi connectivity index (χ0) is 26.8. The van der Waals surface area contributed by atoms with Gasteiger partial charge in [0.1, 0.15) is 5.60 Å². The first-order chi connectivity index (χ1) is 17.7. The van der Waals surface area contributed by atoms with E-state index >= 15 is 0 Å². The van der Waals surface area contributed by atoms with Gasteiger partial charge < -0.3 is 14.4 Å². The summed E-state index contributed by atoms with van der Waals surface area (Å²) in [6, 6.07) is 24.7. The topological polar surface area (TPSA) is 55.8 Å². The molecule has 0 aliphatic carbocycles. The fourth-order valence-corrected chi connectivity index (χ4v) is 3.83. The number of hydrogen-bond donors (Lipinski definition) is 0. The predicted octanol–water partition coefficient (Wildman–Crippen LogP) is 7.27. The summed E-state index contributed by atoms with van der Waals surface area (Å²) < 4.78 is 11.2. The highest BCUT2D eigenvalue weighted by molar-refractivity contribution is 5.97. The molecule has 5 heteroatoms. The zero-order valence-electron chi connectivity index (χ0n) is 22.4. The van der Waals surface area contributed by atoms with E-state index in [4.69, 9.17) is 9.47 Å². The molecule has 194 valence electrons. The third kappa shape index (κ3) is 8.78. The van der Waals surface area contributed by atoms with Crippen LogP contribution in [0.2, 0.25) is 0 Å². The van der Waals surface area contributed by atoms with Gasteiger partial charge in [-0.1, -0.05) is 74.0 Å². The molecule has 0 saturated heterocycles. The molecule has 0 fully saturated rings. The normalized spacial score (nSPS) is 11.2. The molecule has 3 rings (SSSR count). The molecule has 0 spiro atoms. The molecule has 3 aromatic carbocycles. The molecule has 0 N–H and O–H groups in total. The molecular formula is C32H37NO4. The number of unbranched alkanes of at least 4 members (excludes halogenated alkanes) is 1. The maximum absolute atomic E-state index is 13.0. The average molecular weight is 500 g/mol. The van der Waals surface area contributed by atoms with E-state index in [1.165, 1.54) is 0 Å². The van der Waals surface area contributed by atoms with Gasteiger partial charge in [0, 0.05) is 18.7 Å². The molecule has 2 radical (unpaired) electrons. The lowest BCUT2D eigenvalue weighted by Crippen LogP contribution is -2.33. The first-order valence-electron chi connectivity index (χ1n) is 12.8. The number of ether oxygens (including phenoxy) is 2. The molecule has 0 unspecified atom stereocenters. The highest BCUT2D eigenvalue weighted by Crippen LogP contribution is 2.28. The quantitative estimate of drug-likeness (QED) is 0.217. The minimum absolute atomic E-state index is 0.309. The van der Waals surface area contributed by atoms with E-state index < -0.39 is 11.6 Å². The van der Waals surface area contributed by atoms with E-state index in [2.05, 4.69) is 19.9 Å². The minimum Gasteiger partial charge on any atom is -0.456 e. The van der Waals surface area contributed by atoms with Crippen LogP contribution in [0.4, 0.5) is 4.79 Å². The summed E-state index contributed by atoms with van der Waals surface area (Å²) in [4.78, 5) is 27.7. The Morgan fingerprint density at radius 2 is 1.76 bits per heavy atom. The molecule has 1 amide bonds. The molecule has 0 bridgehead atoms. The first-order valence-corrected chi connectivity index (χ1v) is 12.8. The van der Waals surface area contributed by atoms with Crippen molar-refractivity contribution in [3.63, 3.8) is 0 Å². The Kier molecular flexibility index (Phi) is 9.90. The van der Waals surface area contributed by atoms with E-state index in [1.54, 1.807) is 11.0 Å². The number of carbonyl (C=O) groups excluding carboxylic acids is 2. The van der Waals surface area contributed by atoms with Gasteiger partial charge >= 0.3 is 12.1 Å². The second-order valence-electron chi connectivity index (χ2n) is 10.1. The molecule has 3 aromatic rings. The number of esters is 1. The van der Waals surface area contributed by atoms with Crippen LogP contribution in [-0.4, -0.2) is 35.7 Å². The average Bonchev–Trinajstić information content (AvgIpc) is 2.86. The largest absolute Gasteiger partial charge is 0.456 e. The van der Waals surface area contributed by atoms with Gasteiger partial charge in [-0.15, -0.1) is 0 Å². The standard InChI is InChI=1S/C32H37NO4/c1-6-7-20-36-31(35)33(19-18-25-13-9-8-10-14-25)23-26-16-17-28(30(34)37-32(3,4)5)29(22-26)27-15-11-12-24(2)21-27/h8-17,21H,2,6-7,18-20,23H2,1,3-5H3. The summed E-state index contributed by atoms with van der Waals surface area (Å²) in [5.41, 5.74) is 3.98. The van der Waals surface area contributed by atoms with Crippen LogP contribution >= 0.6 is 0 Å². The Balaban J connectivity index is 1.91. The van der Waals surface area contributed by atoms with Gasteiger partial charge in [-0.2, -0.15) is 0 Å². The molecular weight excluding hydrogens is 462 g/mol. The van der Waals surface area contributed by atoms with Crippen molar-refractivity contribution in [3.8, 4) is 11.1 Å². The van der Waals surface area contributed by atoms with E-state index in [0.717, 1.165) is 35.1 Å². The number of rotatable bonds is 10. The number of hydrogen-bond acceptors (Lipinski definition) is 4. The van der Waals surface area contributed by atoms with Crippen LogP contribution < -0.4 is 0 Å². The lowest BCUT2D eigenvalue weighted by molar-refractivity contribution is 0.00702. The van der Waals surface area contributed by atoms with Crippen molar-refractivity contribution in [3.05, 3.63) is 102 Å². The number of amides is 1. The second kappa shape index (κ2) is 13.1. The third-order valence-electron chi connectivity index (χ3n) is 5.70. The fraction of sp³-hybridized carbons (Fsp3) is 0.344. The lowest BCUT2D eigenvalue weighted by atomic mass is 9.95. The van der Waals surface area contributed by atoms with Crippen molar-refractivity contribution in [2.24, 2.45) is 0 Å². The van der Waals surface area contributed by atoms with Crippen LogP contribution in [0.3, 0.4) is 0 Å². The Hall–Kier alpha value is -3.60. The van der Waals surface area contributed by atoms with Crippen LogP contribution in [0, 0.1) is 13.0 Å². The van der Waals surface area contributed by atoms with Gasteiger partial charge in [-0.3, -0.25) is 0 Å². The van der Waals surface area contributed by atoms with E-state index in [9.17, 15) is 9.59 Å². The van der Waals surface area contributed by atoms with Gasteiger partial charge in [-0.25, -0.2) is 9.59 Å². The molecule has 0 aliphatic rings. The van der Waals surface area contributed by atoms with Crippen LogP contribution in [-0.2, 0) is 22.4 Å². The number of benzene rings is 3. The summed E-state index contributed by atoms with van der Waals surface area (Å²) in [6.07, 6.45) is 2.12. The predicted molar refractivity (Wildman–Crippen MR) is 147 cm³/mol. The van der Waals surface area contributed by atoms with Crippen molar-refractivity contribution in [2.75, 3.05) is 13.2 Å². The smallest absolute Gasteiger partial charge is 0.410 e. The van der Waals surface area contributed by atoms with E-state index in [1.807, 2.05) is 81.4 Å². The second-order valence-corrected chi connectivity index (χ2v) is 10.1. The maximum Gasteiger partial charge on any atom is 0.410 e. The van der Waals surface area contributed by atoms with Crippen LogP contribution in [0.25, 0.3) is 11.1 Å². The molecule has 5 nitrogen and oxygen atoms in total. The molecule has 0 atom stereocenters. The first kappa shape index (κ1) is 28.0. The van der Waals surface area contributed by atoms with Crippen LogP contribution in [0.5, 0.6) is 0 Å². The maximum atomic E-state index is 13.0. The zero-order valence-corrected chi connectivity index (χ0v) is 22.4. The summed E-state index contributed by atoms with van der Waals surface area (Å²) >= 11 is 0. The van der Waals surface area contributed by atoms with Crippen LogP contribution in [0.15, 0.2) is 66.7 Å². The van der Waals surface area contributed by atoms with Crippen molar-refractivity contribution < 1.29 is 19.1 Å². The summed E-state index contributed by atoms with van der Waals surface area (Å²) in [7, 11) is 0. The summed E-state index contributed by atoms with van der Waals surface area (Å²) in [6.45, 7) is 12.8. The molecule has 0 aromatic heterocycles. The molecule has 0 saturated carbocycles. The summed E-state index contributed by atoms with van der Waals surface area (Å²) in [5.74, 6) is -0.417. The fourth-order valence-electron chi connectivity index (χ4n) is 3.83. The van der Waals surface area contributed by atoms with Crippen molar-refractivity contribution >= 4 is 12.1 Å². The van der Waals surface area contributed by atoms with E-state index in [-0.39, 0.29) is 6.09 Å². The highest BCUT2D eigenvalue weighted by Gasteiger charge is 2.23. The Morgan fingerprint density at radius 1 is 1.00 bits per heavy atom. The van der Waals surface area contributed by atoms with Gasteiger partial charge in [0.25, 0.3) is 0 Å². The Morgan fingerprint density at radius 3 is 2.43 bits per heavy atom. The Labute approximate surface area is 221 Å². The van der Waals surface area contributed by atoms with Crippen LogP contribution in [0.1, 0.15) is 67.6 Å². The lowest BCUT2D eigenvalue weighted by Gasteiger charge is -2.24. The molecule has 0 heterocycles. The van der Waals surface area contributed by atoms with Gasteiger partial charge in [-0.05, 0) is 74.9 Å². The number of carbonyl (C=O) groups is 2. The summed E-state index contributed by atoms with van der Waals surface area (Å²) in [5, 5.41) is 0. The minimum atomic E-state index is -0.627. The van der Waals surface area contributed by atoms with Gasteiger partial charge in [0.2, 0.25) is 0 Å². The molecule has 0 aliphatic heterocycles. The number of nitrogens with zero attached hydrogens (tertiary/aromatic N) is 1. The SMILES string of the molecule is [CH2]c1cccc(-c2[c]c(CN(CCc3ccccc3)C(=O)OCCCC)ccc2C(=O)OC(C)(C)C)c1. The third-order valence-corrected chi connectivity index (χ3v) is 5.70. The Bertz CT molecular complexity index is 1180. The van der Waals surface area contributed by atoms with Crippen molar-refractivity contribution in [1.29, 1.82) is 0 Å². The van der Waals surface area contributed by atoms with Crippen molar-refractivity contribution in [1.82, 2.24) is 4.90 Å². The molecule has 37 heavy (non-hydrogen) atoms. The van der Waals surface area contributed by atoms with Gasteiger partial charge in [0.15, 0.2) is 0 Å². The van der Waals surface area contributed by atoms with Crippen molar-refractivity contribution in [2.45, 2.75) is 59.1 Å². The van der Waals surface area contributed by atoms with Gasteiger partial charge in [0.05, 0.1) is 12.2 Å². The van der Waals surface area contributed by atoms with E-state index in [0.29, 0.717) is 37.2 Å². The highest BCUT2D eigenvalue weighted by atomic mass is 16.6. The monoisotopic (exact) mass is 499 g/mol.